The molecular formula is C27H31FO4. The van der Waals surface area contributed by atoms with Crippen LogP contribution in [-0.2, 0) is 4.74 Å². The summed E-state index contributed by atoms with van der Waals surface area (Å²) in [6, 6.07) is 11.5. The molecule has 0 N–H and O–H groups in total. The van der Waals surface area contributed by atoms with Gasteiger partial charge in [-0.2, -0.15) is 0 Å². The zero-order chi connectivity index (χ0) is 22.5. The van der Waals surface area contributed by atoms with Crippen LogP contribution in [0.25, 0.3) is 0 Å². The van der Waals surface area contributed by atoms with Gasteiger partial charge in [0.15, 0.2) is 0 Å². The van der Waals surface area contributed by atoms with Crippen molar-refractivity contribution in [2.45, 2.75) is 64.4 Å². The molecule has 0 radical (unpaired) electrons. The van der Waals surface area contributed by atoms with Crippen LogP contribution in [0.3, 0.4) is 0 Å². The number of benzene rings is 2. The Morgan fingerprint density at radius 2 is 1.47 bits per heavy atom. The first-order valence-corrected chi connectivity index (χ1v) is 11.8. The predicted octanol–water partition coefficient (Wildman–Crippen LogP) is 6.59. The lowest BCUT2D eigenvalue weighted by atomic mass is 9.66. The van der Waals surface area contributed by atoms with E-state index in [1.165, 1.54) is 56.4 Å². The number of fused-ring (bicyclic) bond motifs is 1. The second-order valence-electron chi connectivity index (χ2n) is 9.25. The third-order valence-corrected chi connectivity index (χ3v) is 7.02. The molecule has 4 atom stereocenters. The number of rotatable bonds is 6. The normalized spacial score (nSPS) is 24.9. The van der Waals surface area contributed by atoms with Crippen LogP contribution in [0.1, 0.15) is 79.0 Å². The van der Waals surface area contributed by atoms with Crippen LogP contribution in [0.4, 0.5) is 4.39 Å². The van der Waals surface area contributed by atoms with Crippen molar-refractivity contribution in [2.24, 2.45) is 17.8 Å². The molecule has 4 unspecified atom stereocenters. The maximum absolute atomic E-state index is 13.0. The lowest BCUT2D eigenvalue weighted by Crippen LogP contribution is -2.35. The van der Waals surface area contributed by atoms with E-state index in [9.17, 15) is 14.0 Å². The predicted molar refractivity (Wildman–Crippen MR) is 120 cm³/mol. The fourth-order valence-electron chi connectivity index (χ4n) is 5.35. The number of halogens is 1. The second-order valence-corrected chi connectivity index (χ2v) is 9.25. The Kier molecular flexibility index (Phi) is 7.23. The van der Waals surface area contributed by atoms with Crippen LogP contribution < -0.4 is 4.74 Å². The molecule has 2 aromatic carbocycles. The first-order valence-electron chi connectivity index (χ1n) is 11.8. The summed E-state index contributed by atoms with van der Waals surface area (Å²) in [5, 5.41) is 0. The van der Waals surface area contributed by atoms with Gasteiger partial charge in [-0.05, 0) is 98.4 Å². The van der Waals surface area contributed by atoms with E-state index in [4.69, 9.17) is 9.47 Å². The number of esters is 2. The van der Waals surface area contributed by atoms with Gasteiger partial charge in [0.2, 0.25) is 0 Å². The summed E-state index contributed by atoms with van der Waals surface area (Å²) in [5.74, 6) is 1.36. The Labute approximate surface area is 189 Å². The maximum atomic E-state index is 13.0. The highest BCUT2D eigenvalue weighted by atomic mass is 19.1. The number of carbonyl (C=O) groups is 2. The number of carbonyl (C=O) groups excluding carboxylic acids is 2. The zero-order valence-electron chi connectivity index (χ0n) is 18.6. The molecule has 0 amide bonds. The van der Waals surface area contributed by atoms with Crippen LogP contribution in [-0.4, -0.2) is 18.0 Å². The molecule has 5 heteroatoms. The molecular weight excluding hydrogens is 407 g/mol. The van der Waals surface area contributed by atoms with Gasteiger partial charge in [-0.1, -0.05) is 26.2 Å². The van der Waals surface area contributed by atoms with E-state index in [0.717, 1.165) is 31.1 Å². The standard InChI is InChI=1S/C27H31FO4/c1-2-3-18-4-5-22-17-25(15-10-21(22)16-18)32-27(30)20-8-13-24(14-9-20)31-26(29)19-6-11-23(28)12-7-19/h6-9,11-14,18,21-22,25H,2-5,10,15-17H2,1H3. The van der Waals surface area contributed by atoms with Gasteiger partial charge in [-0.15, -0.1) is 0 Å². The van der Waals surface area contributed by atoms with Crippen molar-refractivity contribution >= 4 is 11.9 Å². The van der Waals surface area contributed by atoms with Gasteiger partial charge in [0, 0.05) is 0 Å². The smallest absolute Gasteiger partial charge is 0.343 e. The Bertz CT molecular complexity index is 922. The molecule has 0 aliphatic heterocycles. The highest BCUT2D eigenvalue weighted by Gasteiger charge is 2.36. The molecule has 4 nitrogen and oxygen atoms in total. The van der Waals surface area contributed by atoms with Gasteiger partial charge < -0.3 is 9.47 Å². The van der Waals surface area contributed by atoms with Gasteiger partial charge in [0.1, 0.15) is 17.7 Å². The van der Waals surface area contributed by atoms with Crippen LogP contribution >= 0.6 is 0 Å². The number of ether oxygens (including phenoxy) is 2. The Balaban J connectivity index is 1.28. The largest absolute Gasteiger partial charge is 0.459 e. The zero-order valence-corrected chi connectivity index (χ0v) is 18.6. The van der Waals surface area contributed by atoms with Crippen molar-refractivity contribution in [2.75, 3.05) is 0 Å². The second kappa shape index (κ2) is 10.3. The summed E-state index contributed by atoms with van der Waals surface area (Å²) in [6.07, 6.45) is 9.59. The summed E-state index contributed by atoms with van der Waals surface area (Å²) < 4.78 is 24.1. The SMILES string of the molecule is CCCC1CCC2CC(OC(=O)c3ccc(OC(=O)c4ccc(F)cc4)cc3)CCC2C1. The highest BCUT2D eigenvalue weighted by molar-refractivity contribution is 5.92. The quantitative estimate of drug-likeness (QED) is 0.377. The molecule has 2 aromatic rings. The third kappa shape index (κ3) is 5.56. The molecule has 170 valence electrons. The fourth-order valence-corrected chi connectivity index (χ4v) is 5.35. The van der Waals surface area contributed by atoms with Crippen LogP contribution in [0.2, 0.25) is 0 Å². The Hall–Kier alpha value is -2.69. The monoisotopic (exact) mass is 438 g/mol. The van der Waals surface area contributed by atoms with Crippen molar-refractivity contribution < 1.29 is 23.5 Å². The van der Waals surface area contributed by atoms with Crippen molar-refractivity contribution in [3.8, 4) is 5.75 Å². The maximum Gasteiger partial charge on any atom is 0.343 e. The van der Waals surface area contributed by atoms with E-state index in [-0.39, 0.29) is 17.6 Å². The summed E-state index contributed by atoms with van der Waals surface area (Å²) in [4.78, 5) is 24.8. The molecule has 0 saturated heterocycles. The highest BCUT2D eigenvalue weighted by Crippen LogP contribution is 2.44. The first-order chi connectivity index (χ1) is 15.5. The molecule has 0 bridgehead atoms. The molecule has 2 aliphatic carbocycles. The molecule has 0 aromatic heterocycles. The molecule has 2 saturated carbocycles. The van der Waals surface area contributed by atoms with Crippen molar-refractivity contribution in [1.82, 2.24) is 0 Å². The fraction of sp³-hybridized carbons (Fsp3) is 0.481. The number of hydrogen-bond donors (Lipinski definition) is 0. The molecule has 4 rings (SSSR count). The average Bonchev–Trinajstić information content (AvgIpc) is 2.80. The van der Waals surface area contributed by atoms with E-state index in [1.807, 2.05) is 0 Å². The van der Waals surface area contributed by atoms with Gasteiger partial charge in [-0.3, -0.25) is 0 Å². The van der Waals surface area contributed by atoms with E-state index < -0.39 is 11.8 Å². The van der Waals surface area contributed by atoms with Crippen LogP contribution in [0.5, 0.6) is 5.75 Å². The topological polar surface area (TPSA) is 52.6 Å². The van der Waals surface area contributed by atoms with E-state index >= 15 is 0 Å². The van der Waals surface area contributed by atoms with Crippen molar-refractivity contribution in [3.05, 3.63) is 65.5 Å². The van der Waals surface area contributed by atoms with E-state index in [0.29, 0.717) is 17.2 Å². The minimum absolute atomic E-state index is 0.0116. The summed E-state index contributed by atoms with van der Waals surface area (Å²) in [7, 11) is 0. The molecule has 2 aliphatic rings. The minimum atomic E-state index is -0.578. The Morgan fingerprint density at radius 1 is 0.844 bits per heavy atom. The van der Waals surface area contributed by atoms with Gasteiger partial charge >= 0.3 is 11.9 Å². The van der Waals surface area contributed by atoms with Crippen molar-refractivity contribution in [3.63, 3.8) is 0 Å². The minimum Gasteiger partial charge on any atom is -0.459 e. The first kappa shape index (κ1) is 22.5. The van der Waals surface area contributed by atoms with E-state index in [2.05, 4.69) is 6.92 Å². The van der Waals surface area contributed by atoms with Gasteiger partial charge in [0.25, 0.3) is 0 Å². The molecule has 32 heavy (non-hydrogen) atoms. The van der Waals surface area contributed by atoms with Gasteiger partial charge in [0.05, 0.1) is 11.1 Å². The van der Waals surface area contributed by atoms with E-state index in [1.54, 1.807) is 24.3 Å². The molecule has 0 spiro atoms. The summed E-state index contributed by atoms with van der Waals surface area (Å²) in [6.45, 7) is 2.27. The van der Waals surface area contributed by atoms with Gasteiger partial charge in [-0.25, -0.2) is 14.0 Å². The Morgan fingerprint density at radius 3 is 2.19 bits per heavy atom. The lowest BCUT2D eigenvalue weighted by molar-refractivity contribution is -0.00620. The van der Waals surface area contributed by atoms with Crippen LogP contribution in [0, 0.1) is 23.6 Å². The third-order valence-electron chi connectivity index (χ3n) is 7.02. The molecule has 0 heterocycles. The summed E-state index contributed by atoms with van der Waals surface area (Å²) >= 11 is 0. The summed E-state index contributed by atoms with van der Waals surface area (Å²) in [5.41, 5.74) is 0.703. The average molecular weight is 439 g/mol. The lowest BCUT2D eigenvalue weighted by Gasteiger charge is -2.41. The van der Waals surface area contributed by atoms with Crippen molar-refractivity contribution in [1.29, 1.82) is 0 Å². The van der Waals surface area contributed by atoms with Crippen LogP contribution in [0.15, 0.2) is 48.5 Å². The number of hydrogen-bond acceptors (Lipinski definition) is 4. The molecule has 2 fully saturated rings.